The number of sulfonamides is 1. The number of amides is 1. The van der Waals surface area contributed by atoms with Crippen molar-refractivity contribution in [1.82, 2.24) is 0 Å². The van der Waals surface area contributed by atoms with Crippen LogP contribution in [0.25, 0.3) is 0 Å². The van der Waals surface area contributed by atoms with E-state index in [4.69, 9.17) is 5.26 Å². The van der Waals surface area contributed by atoms with E-state index in [1.165, 1.54) is 48.5 Å². The number of nitrogens with zero attached hydrogens (tertiary/aromatic N) is 1. The van der Waals surface area contributed by atoms with Gasteiger partial charge in [0, 0.05) is 11.3 Å². The maximum Gasteiger partial charge on any atom is 0.261 e. The van der Waals surface area contributed by atoms with Crippen molar-refractivity contribution in [1.29, 1.82) is 5.26 Å². The number of halogens is 1. The Morgan fingerprint density at radius 3 is 2.36 bits per heavy atom. The van der Waals surface area contributed by atoms with E-state index in [0.29, 0.717) is 11.3 Å². The molecule has 0 spiro atoms. The van der Waals surface area contributed by atoms with Crippen LogP contribution in [0.15, 0.2) is 77.7 Å². The molecule has 0 aliphatic carbocycles. The molecule has 0 saturated heterocycles. The summed E-state index contributed by atoms with van der Waals surface area (Å²) >= 11 is 0. The Labute approximate surface area is 161 Å². The molecule has 0 radical (unpaired) electrons. The minimum absolute atomic E-state index is 0.112. The van der Waals surface area contributed by atoms with Gasteiger partial charge >= 0.3 is 0 Å². The van der Waals surface area contributed by atoms with Crippen LogP contribution in [0, 0.1) is 17.1 Å². The van der Waals surface area contributed by atoms with Gasteiger partial charge in [0.15, 0.2) is 0 Å². The van der Waals surface area contributed by atoms with E-state index in [0.717, 1.165) is 6.07 Å². The molecule has 3 rings (SSSR count). The number of carbonyl (C=O) groups is 1. The number of nitriles is 1. The number of benzene rings is 3. The lowest BCUT2D eigenvalue weighted by Crippen LogP contribution is -2.15. The lowest BCUT2D eigenvalue weighted by Gasteiger charge is -2.10. The second-order valence-electron chi connectivity index (χ2n) is 5.76. The molecule has 0 unspecified atom stereocenters. The average molecular weight is 395 g/mol. The van der Waals surface area contributed by atoms with Gasteiger partial charge in [-0.3, -0.25) is 9.52 Å². The van der Waals surface area contributed by atoms with Crippen LogP contribution in [0.5, 0.6) is 0 Å². The van der Waals surface area contributed by atoms with Gasteiger partial charge < -0.3 is 5.32 Å². The topological polar surface area (TPSA) is 99.1 Å². The molecule has 0 aliphatic heterocycles. The number of hydrogen-bond donors (Lipinski definition) is 2. The lowest BCUT2D eigenvalue weighted by atomic mass is 10.2. The Hall–Kier alpha value is -3.70. The van der Waals surface area contributed by atoms with Gasteiger partial charge in [-0.2, -0.15) is 5.26 Å². The van der Waals surface area contributed by atoms with Crippen LogP contribution in [-0.2, 0) is 10.0 Å². The number of hydrogen-bond acceptors (Lipinski definition) is 4. The van der Waals surface area contributed by atoms with Crippen LogP contribution >= 0.6 is 0 Å². The molecule has 0 aliphatic rings. The summed E-state index contributed by atoms with van der Waals surface area (Å²) in [5.74, 6) is -1.15. The highest BCUT2D eigenvalue weighted by molar-refractivity contribution is 7.92. The van der Waals surface area contributed by atoms with Crippen molar-refractivity contribution in [2.24, 2.45) is 0 Å². The number of para-hydroxylation sites is 1. The highest BCUT2D eigenvalue weighted by atomic mass is 32.2. The molecule has 2 N–H and O–H groups in total. The van der Waals surface area contributed by atoms with E-state index in [-0.39, 0.29) is 16.1 Å². The van der Waals surface area contributed by atoms with E-state index in [1.807, 2.05) is 6.07 Å². The summed E-state index contributed by atoms with van der Waals surface area (Å²) < 4.78 is 40.6. The van der Waals surface area contributed by atoms with Crippen molar-refractivity contribution in [2.75, 3.05) is 10.0 Å². The van der Waals surface area contributed by atoms with Crippen LogP contribution in [0.4, 0.5) is 15.8 Å². The molecule has 0 atom stereocenters. The molecule has 28 heavy (non-hydrogen) atoms. The Balaban J connectivity index is 1.76. The molecule has 3 aromatic rings. The summed E-state index contributed by atoms with van der Waals surface area (Å²) in [7, 11) is -4.00. The first-order valence-electron chi connectivity index (χ1n) is 8.08. The second-order valence-corrected chi connectivity index (χ2v) is 7.44. The summed E-state index contributed by atoms with van der Waals surface area (Å²) in [6, 6.07) is 19.0. The quantitative estimate of drug-likeness (QED) is 0.687. The zero-order valence-corrected chi connectivity index (χ0v) is 15.2. The van der Waals surface area contributed by atoms with Gasteiger partial charge in [0.05, 0.1) is 22.2 Å². The van der Waals surface area contributed by atoms with Gasteiger partial charge in [-0.25, -0.2) is 12.8 Å². The van der Waals surface area contributed by atoms with Crippen molar-refractivity contribution in [3.05, 3.63) is 89.7 Å². The number of carbonyl (C=O) groups excluding carboxylic acids is 1. The Bertz CT molecular complexity index is 1170. The van der Waals surface area contributed by atoms with Crippen LogP contribution < -0.4 is 10.0 Å². The maximum absolute atomic E-state index is 13.7. The van der Waals surface area contributed by atoms with Crippen molar-refractivity contribution in [3.8, 4) is 6.07 Å². The molecular weight excluding hydrogens is 381 g/mol. The Morgan fingerprint density at radius 2 is 1.68 bits per heavy atom. The van der Waals surface area contributed by atoms with E-state index in [9.17, 15) is 17.6 Å². The zero-order valence-electron chi connectivity index (χ0n) is 14.4. The van der Waals surface area contributed by atoms with Gasteiger partial charge in [-0.05, 0) is 54.6 Å². The van der Waals surface area contributed by atoms with E-state index >= 15 is 0 Å². The number of anilines is 2. The van der Waals surface area contributed by atoms with Crippen LogP contribution in [0.1, 0.15) is 15.9 Å². The molecule has 0 aromatic heterocycles. The third-order valence-electron chi connectivity index (χ3n) is 3.79. The summed E-state index contributed by atoms with van der Waals surface area (Å²) in [6.07, 6.45) is 0. The van der Waals surface area contributed by atoms with Crippen LogP contribution in [-0.4, -0.2) is 14.3 Å². The first kappa shape index (κ1) is 19.1. The van der Waals surface area contributed by atoms with Crippen molar-refractivity contribution >= 4 is 27.3 Å². The fourth-order valence-electron chi connectivity index (χ4n) is 2.40. The van der Waals surface area contributed by atoms with E-state index in [2.05, 4.69) is 10.0 Å². The molecule has 0 fully saturated rings. The highest BCUT2D eigenvalue weighted by Gasteiger charge is 2.17. The summed E-state index contributed by atoms with van der Waals surface area (Å²) in [6.45, 7) is 0. The highest BCUT2D eigenvalue weighted by Crippen LogP contribution is 2.19. The molecule has 8 heteroatoms. The molecule has 1 amide bonds. The molecule has 140 valence electrons. The molecule has 3 aromatic carbocycles. The zero-order chi connectivity index (χ0) is 20.1. The standard InChI is InChI=1S/C20H14FN3O3S/c21-18-6-1-2-7-19(18)24-28(26,27)17-10-8-15(9-11-17)20(25)23-16-5-3-4-14(12-16)13-22/h1-12,24H,(H,23,25). The first-order valence-corrected chi connectivity index (χ1v) is 9.56. The number of nitrogens with one attached hydrogen (secondary N) is 2. The average Bonchev–Trinajstić information content (AvgIpc) is 2.70. The van der Waals surface area contributed by atoms with Gasteiger partial charge in [-0.15, -0.1) is 0 Å². The molecule has 0 saturated carbocycles. The van der Waals surface area contributed by atoms with Gasteiger partial charge in [0.25, 0.3) is 15.9 Å². The van der Waals surface area contributed by atoms with Crippen molar-refractivity contribution < 1.29 is 17.6 Å². The summed E-state index contributed by atoms with van der Waals surface area (Å²) in [5.41, 5.74) is 0.911. The Kier molecular flexibility index (Phi) is 5.38. The van der Waals surface area contributed by atoms with E-state index in [1.54, 1.807) is 18.2 Å². The van der Waals surface area contributed by atoms with Gasteiger partial charge in [0.1, 0.15) is 5.82 Å². The maximum atomic E-state index is 13.7. The van der Waals surface area contributed by atoms with Crippen molar-refractivity contribution in [2.45, 2.75) is 4.90 Å². The monoisotopic (exact) mass is 395 g/mol. The second kappa shape index (κ2) is 7.90. The van der Waals surface area contributed by atoms with Gasteiger partial charge in [-0.1, -0.05) is 18.2 Å². The Morgan fingerprint density at radius 1 is 0.964 bits per heavy atom. The minimum Gasteiger partial charge on any atom is -0.322 e. The normalized spacial score (nSPS) is 10.7. The summed E-state index contributed by atoms with van der Waals surface area (Å²) in [4.78, 5) is 12.2. The van der Waals surface area contributed by atoms with Crippen LogP contribution in [0.2, 0.25) is 0 Å². The molecular formula is C20H14FN3O3S. The first-order chi connectivity index (χ1) is 13.4. The molecule has 0 bridgehead atoms. The predicted octanol–water partition coefficient (Wildman–Crippen LogP) is 3.75. The van der Waals surface area contributed by atoms with E-state index < -0.39 is 21.7 Å². The third-order valence-corrected chi connectivity index (χ3v) is 5.18. The minimum atomic E-state index is -4.00. The largest absolute Gasteiger partial charge is 0.322 e. The predicted molar refractivity (Wildman–Crippen MR) is 103 cm³/mol. The third kappa shape index (κ3) is 4.34. The fraction of sp³-hybridized carbons (Fsp3) is 0. The fourth-order valence-corrected chi connectivity index (χ4v) is 3.47. The number of rotatable bonds is 5. The lowest BCUT2D eigenvalue weighted by molar-refractivity contribution is 0.102. The van der Waals surface area contributed by atoms with Crippen LogP contribution in [0.3, 0.4) is 0 Å². The van der Waals surface area contributed by atoms with Gasteiger partial charge in [0.2, 0.25) is 0 Å². The SMILES string of the molecule is N#Cc1cccc(NC(=O)c2ccc(S(=O)(=O)Nc3ccccc3F)cc2)c1. The smallest absolute Gasteiger partial charge is 0.261 e. The molecule has 0 heterocycles. The van der Waals surface area contributed by atoms with Crippen molar-refractivity contribution in [3.63, 3.8) is 0 Å². The summed E-state index contributed by atoms with van der Waals surface area (Å²) in [5, 5.41) is 11.5. The molecule has 6 nitrogen and oxygen atoms in total.